The van der Waals surface area contributed by atoms with Crippen LogP contribution in [-0.4, -0.2) is 37.4 Å². The number of carbonyl (C=O) groups excluding carboxylic acids is 2. The van der Waals surface area contributed by atoms with E-state index >= 15 is 0 Å². The second-order valence-electron chi connectivity index (χ2n) is 6.65. The summed E-state index contributed by atoms with van der Waals surface area (Å²) in [7, 11) is 3.01. The highest BCUT2D eigenvalue weighted by atomic mass is 35.5. The van der Waals surface area contributed by atoms with Gasteiger partial charge in [0.1, 0.15) is 17.4 Å². The molecule has 0 bridgehead atoms. The van der Waals surface area contributed by atoms with Gasteiger partial charge in [-0.15, -0.1) is 0 Å². The van der Waals surface area contributed by atoms with Gasteiger partial charge in [0.15, 0.2) is 0 Å². The molecule has 0 radical (unpaired) electrons. The van der Waals surface area contributed by atoms with Gasteiger partial charge < -0.3 is 14.5 Å². The Morgan fingerprint density at radius 3 is 2.71 bits per heavy atom. The van der Waals surface area contributed by atoms with Gasteiger partial charge in [0.25, 0.3) is 0 Å². The largest absolute Gasteiger partial charge is 0.495 e. The molecule has 148 valence electrons. The van der Waals surface area contributed by atoms with Gasteiger partial charge in [0, 0.05) is 43.2 Å². The maximum Gasteiger partial charge on any atom is 0.228 e. The van der Waals surface area contributed by atoms with E-state index in [1.54, 1.807) is 18.2 Å². The Morgan fingerprint density at radius 1 is 1.29 bits per heavy atom. The van der Waals surface area contributed by atoms with Crippen LogP contribution in [0.1, 0.15) is 12.0 Å². The minimum Gasteiger partial charge on any atom is -0.495 e. The van der Waals surface area contributed by atoms with Crippen molar-refractivity contribution in [3.05, 3.63) is 58.6 Å². The molecule has 28 heavy (non-hydrogen) atoms. The first-order chi connectivity index (χ1) is 13.3. The van der Waals surface area contributed by atoms with Crippen LogP contribution in [0.4, 0.5) is 14.5 Å². The van der Waals surface area contributed by atoms with E-state index in [1.807, 2.05) is 0 Å². The van der Waals surface area contributed by atoms with Crippen LogP contribution in [0, 0.1) is 17.6 Å². The molecule has 2 aromatic rings. The molecule has 1 atom stereocenters. The van der Waals surface area contributed by atoms with Crippen LogP contribution in [0.25, 0.3) is 0 Å². The lowest BCUT2D eigenvalue weighted by molar-refractivity contribution is -0.135. The molecule has 1 fully saturated rings. The van der Waals surface area contributed by atoms with Gasteiger partial charge in [-0.2, -0.15) is 0 Å². The molecule has 0 saturated carbocycles. The van der Waals surface area contributed by atoms with Crippen LogP contribution in [0.2, 0.25) is 5.02 Å². The Morgan fingerprint density at radius 2 is 2.04 bits per heavy atom. The SMILES string of the molecule is COc1ccc(Cl)cc1N1CC(C(=O)N(C)Cc2ccc(F)cc2F)CC1=O. The molecular weight excluding hydrogens is 390 g/mol. The summed E-state index contributed by atoms with van der Waals surface area (Å²) in [5, 5.41) is 0.447. The second kappa shape index (κ2) is 8.14. The number of halogens is 3. The van der Waals surface area contributed by atoms with Gasteiger partial charge in [-0.05, 0) is 24.3 Å². The predicted molar refractivity (Wildman–Crippen MR) is 101 cm³/mol. The predicted octanol–water partition coefficient (Wildman–Crippen LogP) is 3.64. The summed E-state index contributed by atoms with van der Waals surface area (Å²) in [5.74, 6) is -2.01. The van der Waals surface area contributed by atoms with Crippen LogP contribution in [0.3, 0.4) is 0 Å². The van der Waals surface area contributed by atoms with Crippen molar-refractivity contribution in [2.24, 2.45) is 5.92 Å². The lowest BCUT2D eigenvalue weighted by Crippen LogP contribution is -2.34. The number of anilines is 1. The lowest BCUT2D eigenvalue weighted by Gasteiger charge is -2.22. The number of carbonyl (C=O) groups is 2. The van der Waals surface area contributed by atoms with Crippen LogP contribution in [0.15, 0.2) is 36.4 Å². The Bertz CT molecular complexity index is 922. The van der Waals surface area contributed by atoms with E-state index in [2.05, 4.69) is 0 Å². The number of hydrogen-bond donors (Lipinski definition) is 0. The minimum absolute atomic E-state index is 0.0177. The summed E-state index contributed by atoms with van der Waals surface area (Å²) in [5.41, 5.74) is 0.706. The molecule has 1 saturated heterocycles. The maximum absolute atomic E-state index is 13.9. The Balaban J connectivity index is 1.74. The molecule has 5 nitrogen and oxygen atoms in total. The summed E-state index contributed by atoms with van der Waals surface area (Å²) in [6, 6.07) is 8.14. The molecule has 2 aromatic carbocycles. The number of ether oxygens (including phenoxy) is 1. The summed E-state index contributed by atoms with van der Waals surface area (Å²) in [6.45, 7) is 0.154. The normalized spacial score (nSPS) is 16.4. The third kappa shape index (κ3) is 4.09. The fourth-order valence-corrected chi connectivity index (χ4v) is 3.44. The molecular formula is C20H19ClF2N2O3. The first kappa shape index (κ1) is 20.1. The van der Waals surface area contributed by atoms with E-state index in [1.165, 1.54) is 30.0 Å². The van der Waals surface area contributed by atoms with Gasteiger partial charge in [-0.25, -0.2) is 8.78 Å². The molecule has 1 aliphatic rings. The monoisotopic (exact) mass is 408 g/mol. The van der Waals surface area contributed by atoms with Gasteiger partial charge in [-0.1, -0.05) is 17.7 Å². The topological polar surface area (TPSA) is 49.9 Å². The highest BCUT2D eigenvalue weighted by molar-refractivity contribution is 6.31. The summed E-state index contributed by atoms with van der Waals surface area (Å²) >= 11 is 6.03. The van der Waals surface area contributed by atoms with Gasteiger partial charge in [0.05, 0.1) is 18.7 Å². The second-order valence-corrected chi connectivity index (χ2v) is 7.09. The maximum atomic E-state index is 13.9. The van der Waals surface area contributed by atoms with Crippen molar-refractivity contribution in [3.63, 3.8) is 0 Å². The number of nitrogens with zero attached hydrogens (tertiary/aromatic N) is 2. The average molecular weight is 409 g/mol. The van der Waals surface area contributed by atoms with Crippen molar-refractivity contribution < 1.29 is 23.1 Å². The standard InChI is InChI=1S/C20H19ClF2N2O3/c1-24(10-12-3-5-15(22)9-16(12)23)20(27)13-7-19(26)25(11-13)17-8-14(21)4-6-18(17)28-2/h3-6,8-9,13H,7,10-11H2,1-2H3. The molecule has 0 spiro atoms. The number of rotatable bonds is 5. The van der Waals surface area contributed by atoms with Gasteiger partial charge in [-0.3, -0.25) is 9.59 Å². The Hall–Kier alpha value is -2.67. The van der Waals surface area contributed by atoms with Crippen molar-refractivity contribution in [2.75, 3.05) is 25.6 Å². The molecule has 1 aliphatic heterocycles. The van der Waals surface area contributed by atoms with E-state index in [4.69, 9.17) is 16.3 Å². The van der Waals surface area contributed by atoms with Crippen LogP contribution in [0.5, 0.6) is 5.75 Å². The third-order valence-corrected chi connectivity index (χ3v) is 4.94. The molecule has 0 aromatic heterocycles. The molecule has 8 heteroatoms. The Kier molecular flexibility index (Phi) is 5.84. The number of benzene rings is 2. The smallest absolute Gasteiger partial charge is 0.228 e. The number of methoxy groups -OCH3 is 1. The van der Waals surface area contributed by atoms with E-state index in [-0.39, 0.29) is 36.9 Å². The van der Waals surface area contributed by atoms with E-state index in [0.29, 0.717) is 16.5 Å². The number of amides is 2. The zero-order valence-electron chi connectivity index (χ0n) is 15.4. The molecule has 3 rings (SSSR count). The zero-order chi connectivity index (χ0) is 20.4. The summed E-state index contributed by atoms with van der Waals surface area (Å²) < 4.78 is 32.2. The van der Waals surface area contributed by atoms with Crippen molar-refractivity contribution in [2.45, 2.75) is 13.0 Å². The van der Waals surface area contributed by atoms with Crippen LogP contribution < -0.4 is 9.64 Å². The summed E-state index contributed by atoms with van der Waals surface area (Å²) in [6.07, 6.45) is 0.0325. The fraction of sp³-hybridized carbons (Fsp3) is 0.300. The van der Waals surface area contributed by atoms with Crippen LogP contribution >= 0.6 is 11.6 Å². The third-order valence-electron chi connectivity index (χ3n) is 4.70. The zero-order valence-corrected chi connectivity index (χ0v) is 16.2. The minimum atomic E-state index is -0.715. The Labute approximate surface area is 166 Å². The van der Waals surface area contributed by atoms with E-state index < -0.39 is 17.6 Å². The quantitative estimate of drug-likeness (QED) is 0.759. The first-order valence-corrected chi connectivity index (χ1v) is 9.00. The van der Waals surface area contributed by atoms with E-state index in [9.17, 15) is 18.4 Å². The molecule has 1 heterocycles. The fourth-order valence-electron chi connectivity index (χ4n) is 3.27. The van der Waals surface area contributed by atoms with E-state index in [0.717, 1.165) is 12.1 Å². The van der Waals surface area contributed by atoms with Crippen molar-refractivity contribution in [3.8, 4) is 5.75 Å². The van der Waals surface area contributed by atoms with Gasteiger partial charge in [0.2, 0.25) is 11.8 Å². The number of hydrogen-bond acceptors (Lipinski definition) is 3. The van der Waals surface area contributed by atoms with Gasteiger partial charge >= 0.3 is 0 Å². The molecule has 0 aliphatic carbocycles. The van der Waals surface area contributed by atoms with Crippen molar-refractivity contribution in [1.82, 2.24) is 4.90 Å². The summed E-state index contributed by atoms with van der Waals surface area (Å²) in [4.78, 5) is 28.1. The molecule has 2 amide bonds. The van der Waals surface area contributed by atoms with Crippen LogP contribution in [-0.2, 0) is 16.1 Å². The average Bonchev–Trinajstić information content (AvgIpc) is 3.04. The first-order valence-electron chi connectivity index (χ1n) is 8.63. The highest BCUT2D eigenvalue weighted by Gasteiger charge is 2.37. The molecule has 0 N–H and O–H groups in total. The van der Waals surface area contributed by atoms with Crippen molar-refractivity contribution in [1.29, 1.82) is 0 Å². The van der Waals surface area contributed by atoms with Crippen molar-refractivity contribution >= 4 is 29.1 Å². The molecule has 1 unspecified atom stereocenters. The lowest BCUT2D eigenvalue weighted by atomic mass is 10.1. The highest BCUT2D eigenvalue weighted by Crippen LogP contribution is 2.35.